The van der Waals surface area contributed by atoms with Gasteiger partial charge in [0, 0.05) is 31.0 Å². The lowest BCUT2D eigenvalue weighted by Crippen LogP contribution is -2.52. The number of carbonyl (C=O) groups is 2. The first-order chi connectivity index (χ1) is 17.9. The van der Waals surface area contributed by atoms with Crippen LogP contribution >= 0.6 is 0 Å². The van der Waals surface area contributed by atoms with Crippen molar-refractivity contribution in [3.05, 3.63) is 41.7 Å². The Morgan fingerprint density at radius 3 is 2.47 bits per heavy atom. The first kappa shape index (κ1) is 27.4. The largest absolute Gasteiger partial charge is 0.391 e. The zero-order chi connectivity index (χ0) is 27.7. The number of likely N-dealkylation sites (tertiary alicyclic amines) is 1. The summed E-state index contributed by atoms with van der Waals surface area (Å²) in [5.41, 5.74) is 1.39. The van der Waals surface area contributed by atoms with Crippen molar-refractivity contribution in [1.29, 1.82) is 5.26 Å². The number of hydrogen-bond acceptors (Lipinski definition) is 7. The molecule has 204 valence electrons. The third kappa shape index (κ3) is 5.93. The SMILES string of the molecule is CC(C)(C)c1ccc(N(C(=O)C2CC(O)CN2C#N)C(C(=O)NC2CCC(F)(F)CC2)c2cn[nH]n2)cc1. The fraction of sp³-hybridized carbons (Fsp3) is 0.577. The van der Waals surface area contributed by atoms with Gasteiger partial charge in [-0.3, -0.25) is 19.4 Å². The molecule has 1 aromatic carbocycles. The number of aromatic nitrogens is 3. The molecule has 1 saturated heterocycles. The zero-order valence-electron chi connectivity index (χ0n) is 21.7. The van der Waals surface area contributed by atoms with Gasteiger partial charge in [0.25, 0.3) is 5.91 Å². The predicted molar refractivity (Wildman–Crippen MR) is 134 cm³/mol. The van der Waals surface area contributed by atoms with Crippen molar-refractivity contribution in [3.63, 3.8) is 0 Å². The molecule has 3 N–H and O–H groups in total. The monoisotopic (exact) mass is 529 g/mol. The normalized spacial score (nSPS) is 22.5. The first-order valence-corrected chi connectivity index (χ1v) is 12.7. The average molecular weight is 530 g/mol. The molecule has 2 amide bonds. The summed E-state index contributed by atoms with van der Waals surface area (Å²) in [6.45, 7) is 6.15. The van der Waals surface area contributed by atoms with Crippen LogP contribution in [0.2, 0.25) is 0 Å². The van der Waals surface area contributed by atoms with Crippen LogP contribution in [0, 0.1) is 11.5 Å². The Bertz CT molecular complexity index is 1160. The molecule has 2 heterocycles. The maximum atomic E-state index is 14.0. The Kier molecular flexibility index (Phi) is 7.69. The number of anilines is 1. The summed E-state index contributed by atoms with van der Waals surface area (Å²) in [6.07, 6.45) is 1.98. The number of β-amino-alcohol motifs (C(OH)–C–C–N with tert-alkyl or cyclic N) is 1. The second-order valence-electron chi connectivity index (χ2n) is 11.1. The van der Waals surface area contributed by atoms with Crippen molar-refractivity contribution < 1.29 is 23.5 Å². The van der Waals surface area contributed by atoms with Crippen molar-refractivity contribution in [3.8, 4) is 6.19 Å². The lowest BCUT2D eigenvalue weighted by atomic mass is 9.87. The van der Waals surface area contributed by atoms with Crippen LogP contribution in [0.1, 0.15) is 70.2 Å². The van der Waals surface area contributed by atoms with Crippen LogP contribution in [0.15, 0.2) is 30.5 Å². The Hall–Kier alpha value is -3.59. The van der Waals surface area contributed by atoms with Gasteiger partial charge < -0.3 is 10.4 Å². The molecular weight excluding hydrogens is 496 g/mol. The van der Waals surface area contributed by atoms with E-state index in [0.717, 1.165) is 5.56 Å². The summed E-state index contributed by atoms with van der Waals surface area (Å²) >= 11 is 0. The van der Waals surface area contributed by atoms with E-state index in [0.29, 0.717) is 5.69 Å². The first-order valence-electron chi connectivity index (χ1n) is 12.7. The third-order valence-electron chi connectivity index (χ3n) is 7.23. The highest BCUT2D eigenvalue weighted by molar-refractivity contribution is 6.03. The van der Waals surface area contributed by atoms with Crippen LogP contribution in [-0.2, 0) is 15.0 Å². The van der Waals surface area contributed by atoms with Gasteiger partial charge in [-0.2, -0.15) is 20.7 Å². The highest BCUT2D eigenvalue weighted by Crippen LogP contribution is 2.35. The molecule has 2 aromatic rings. The van der Waals surface area contributed by atoms with Crippen LogP contribution in [0.25, 0.3) is 0 Å². The molecule has 1 aromatic heterocycles. The molecule has 1 saturated carbocycles. The topological polar surface area (TPSA) is 138 Å². The Balaban J connectivity index is 1.73. The van der Waals surface area contributed by atoms with Gasteiger partial charge in [-0.05, 0) is 36.0 Å². The number of nitriles is 1. The zero-order valence-corrected chi connectivity index (χ0v) is 21.7. The smallest absolute Gasteiger partial charge is 0.251 e. The standard InChI is InChI=1S/C26H33F2N7O3/c1-25(2,3)16-4-6-18(7-5-16)35(24(38)21-12-19(36)14-34(21)15-29)22(20-13-30-33-32-20)23(37)31-17-8-10-26(27,28)11-9-17/h4-7,13,17,19,21-22,36H,8-12,14H2,1-3H3,(H,31,37)(H,30,32,33). The number of carbonyl (C=O) groups excluding carboxylic acids is 2. The van der Waals surface area contributed by atoms with E-state index < -0.39 is 42.0 Å². The molecule has 3 atom stereocenters. The Morgan fingerprint density at radius 2 is 1.92 bits per heavy atom. The minimum Gasteiger partial charge on any atom is -0.391 e. The van der Waals surface area contributed by atoms with Crippen LogP contribution in [-0.4, -0.2) is 67.9 Å². The number of rotatable bonds is 6. The van der Waals surface area contributed by atoms with E-state index >= 15 is 0 Å². The van der Waals surface area contributed by atoms with E-state index in [2.05, 4.69) is 41.5 Å². The molecule has 3 unspecified atom stereocenters. The lowest BCUT2D eigenvalue weighted by molar-refractivity contribution is -0.129. The van der Waals surface area contributed by atoms with Crippen molar-refractivity contribution in [1.82, 2.24) is 25.6 Å². The Labute approximate surface area is 220 Å². The molecule has 1 aliphatic carbocycles. The molecule has 4 rings (SSSR count). The summed E-state index contributed by atoms with van der Waals surface area (Å²) in [7, 11) is 0. The molecule has 0 spiro atoms. The number of nitrogens with one attached hydrogen (secondary N) is 2. The number of aliphatic hydroxyl groups is 1. The van der Waals surface area contributed by atoms with Gasteiger partial charge in [0.05, 0.1) is 18.8 Å². The number of halogens is 2. The lowest BCUT2D eigenvalue weighted by Gasteiger charge is -2.35. The molecule has 1 aliphatic heterocycles. The van der Waals surface area contributed by atoms with Gasteiger partial charge in [-0.1, -0.05) is 32.9 Å². The second kappa shape index (κ2) is 10.6. The fourth-order valence-electron chi connectivity index (χ4n) is 5.04. The van der Waals surface area contributed by atoms with Gasteiger partial charge in [0.1, 0.15) is 11.7 Å². The minimum atomic E-state index is -2.76. The van der Waals surface area contributed by atoms with Crippen LogP contribution in [0.5, 0.6) is 0 Å². The minimum absolute atomic E-state index is 0.000811. The molecule has 0 radical (unpaired) electrons. The summed E-state index contributed by atoms with van der Waals surface area (Å²) < 4.78 is 27.4. The number of amides is 2. The van der Waals surface area contributed by atoms with E-state index in [-0.39, 0.29) is 49.8 Å². The number of aromatic amines is 1. The van der Waals surface area contributed by atoms with Crippen molar-refractivity contribution in [2.24, 2.45) is 0 Å². The molecule has 10 nitrogen and oxygen atoms in total. The molecule has 38 heavy (non-hydrogen) atoms. The number of alkyl halides is 2. The molecule has 2 aliphatic rings. The van der Waals surface area contributed by atoms with Crippen LogP contribution < -0.4 is 10.2 Å². The molecular formula is C26H33F2N7O3. The average Bonchev–Trinajstić information content (AvgIpc) is 3.52. The van der Waals surface area contributed by atoms with E-state index in [4.69, 9.17) is 0 Å². The van der Waals surface area contributed by atoms with E-state index in [1.807, 2.05) is 18.3 Å². The van der Waals surface area contributed by atoms with Gasteiger partial charge >= 0.3 is 0 Å². The number of nitrogens with zero attached hydrogens (tertiary/aromatic N) is 5. The maximum absolute atomic E-state index is 14.0. The van der Waals surface area contributed by atoms with Crippen LogP contribution in [0.3, 0.4) is 0 Å². The number of hydrogen-bond donors (Lipinski definition) is 3. The predicted octanol–water partition coefficient (Wildman–Crippen LogP) is 2.79. The summed E-state index contributed by atoms with van der Waals surface area (Å²) in [5, 5.41) is 33.0. The summed E-state index contributed by atoms with van der Waals surface area (Å²) in [4.78, 5) is 30.3. The van der Waals surface area contributed by atoms with E-state index in [1.165, 1.54) is 16.0 Å². The second-order valence-corrected chi connectivity index (χ2v) is 11.1. The maximum Gasteiger partial charge on any atom is 0.251 e. The number of aliphatic hydroxyl groups excluding tert-OH is 1. The Morgan fingerprint density at radius 1 is 1.26 bits per heavy atom. The number of benzene rings is 1. The highest BCUT2D eigenvalue weighted by atomic mass is 19.3. The van der Waals surface area contributed by atoms with Crippen molar-refractivity contribution >= 4 is 17.5 Å². The fourth-order valence-corrected chi connectivity index (χ4v) is 5.04. The summed E-state index contributed by atoms with van der Waals surface area (Å²) in [6, 6.07) is 4.41. The van der Waals surface area contributed by atoms with Gasteiger partial charge in [0.15, 0.2) is 12.2 Å². The van der Waals surface area contributed by atoms with E-state index in [9.17, 15) is 28.7 Å². The van der Waals surface area contributed by atoms with Crippen LogP contribution in [0.4, 0.5) is 14.5 Å². The van der Waals surface area contributed by atoms with Crippen molar-refractivity contribution in [2.75, 3.05) is 11.4 Å². The summed E-state index contributed by atoms with van der Waals surface area (Å²) in [5.74, 6) is -3.91. The van der Waals surface area contributed by atoms with Gasteiger partial charge in [0.2, 0.25) is 11.8 Å². The quantitative estimate of drug-likeness (QED) is 0.489. The van der Waals surface area contributed by atoms with Gasteiger partial charge in [-0.25, -0.2) is 8.78 Å². The number of H-pyrrole nitrogens is 1. The third-order valence-corrected chi connectivity index (χ3v) is 7.23. The van der Waals surface area contributed by atoms with Gasteiger partial charge in [-0.15, -0.1) is 0 Å². The molecule has 12 heteroatoms. The van der Waals surface area contributed by atoms with Crippen molar-refractivity contribution in [2.45, 2.75) is 88.4 Å². The highest BCUT2D eigenvalue weighted by Gasteiger charge is 2.44. The molecule has 2 fully saturated rings. The molecule has 0 bridgehead atoms. The van der Waals surface area contributed by atoms with E-state index in [1.54, 1.807) is 12.1 Å².